The lowest BCUT2D eigenvalue weighted by molar-refractivity contribution is -0.147. The van der Waals surface area contributed by atoms with Gasteiger partial charge in [0, 0.05) is 6.54 Å². The zero-order valence-corrected chi connectivity index (χ0v) is 24.0. The smallest absolute Gasteiger partial charge is 0.320 e. The van der Waals surface area contributed by atoms with Crippen molar-refractivity contribution in [2.45, 2.75) is 32.3 Å². The second-order valence-corrected chi connectivity index (χ2v) is 10.0. The number of ether oxygens (including phenoxy) is 3. The quantitative estimate of drug-likeness (QED) is 0.149. The summed E-state index contributed by atoms with van der Waals surface area (Å²) in [6, 6.07) is 36.5. The molecule has 0 bridgehead atoms. The number of hydrogen-bond donors (Lipinski definition) is 1. The van der Waals surface area contributed by atoms with Crippen LogP contribution in [0.15, 0.2) is 115 Å². The van der Waals surface area contributed by atoms with Gasteiger partial charge in [0.25, 0.3) is 0 Å². The van der Waals surface area contributed by atoms with Crippen molar-refractivity contribution in [2.75, 3.05) is 26.7 Å². The van der Waals surface area contributed by atoms with E-state index < -0.39 is 12.0 Å². The first-order valence-electron chi connectivity index (χ1n) is 14.1. The molecule has 42 heavy (non-hydrogen) atoms. The highest BCUT2D eigenvalue weighted by Crippen LogP contribution is 2.17. The largest absolute Gasteiger partial charge is 0.489 e. The van der Waals surface area contributed by atoms with E-state index >= 15 is 0 Å². The molecule has 0 aliphatic rings. The zero-order valence-electron chi connectivity index (χ0n) is 24.0. The normalized spacial score (nSPS) is 11.6. The zero-order chi connectivity index (χ0) is 29.4. The standard InChI is InChI=1S/C35H38N2O5/c1-37(24-34(38)42-27-31-15-9-4-10-16-31)33(35(39)36-21-22-40-25-29-11-5-2-6-12-29)23-28-17-19-32(20-18-28)41-26-30-13-7-3-8-14-30/h2-20,33H,21-27H2,1H3,(H,36,39). The van der Waals surface area contributed by atoms with E-state index in [0.29, 0.717) is 32.8 Å². The van der Waals surface area contributed by atoms with Crippen LogP contribution in [-0.2, 0) is 45.3 Å². The summed E-state index contributed by atoms with van der Waals surface area (Å²) in [6.45, 7) is 1.86. The van der Waals surface area contributed by atoms with Gasteiger partial charge in [-0.3, -0.25) is 14.5 Å². The molecule has 1 amide bonds. The van der Waals surface area contributed by atoms with Crippen LogP contribution in [0.1, 0.15) is 22.3 Å². The highest BCUT2D eigenvalue weighted by Gasteiger charge is 2.25. The molecule has 4 rings (SSSR count). The third-order valence-electron chi connectivity index (χ3n) is 6.71. The lowest BCUT2D eigenvalue weighted by Crippen LogP contribution is -2.49. The molecule has 0 aliphatic carbocycles. The molecule has 7 heteroatoms. The first-order chi connectivity index (χ1) is 20.6. The van der Waals surface area contributed by atoms with Crippen molar-refractivity contribution in [2.24, 2.45) is 0 Å². The van der Waals surface area contributed by atoms with Gasteiger partial charge in [-0.1, -0.05) is 103 Å². The minimum atomic E-state index is -0.584. The van der Waals surface area contributed by atoms with E-state index in [0.717, 1.165) is 28.0 Å². The van der Waals surface area contributed by atoms with Gasteiger partial charge < -0.3 is 19.5 Å². The van der Waals surface area contributed by atoms with E-state index in [9.17, 15) is 9.59 Å². The van der Waals surface area contributed by atoms with Crippen LogP contribution >= 0.6 is 0 Å². The molecular formula is C35H38N2O5. The summed E-state index contributed by atoms with van der Waals surface area (Å²) in [5.74, 6) is 0.174. The Morgan fingerprint density at radius 2 is 1.24 bits per heavy atom. The molecular weight excluding hydrogens is 528 g/mol. The predicted molar refractivity (Wildman–Crippen MR) is 163 cm³/mol. The van der Waals surface area contributed by atoms with Crippen LogP contribution in [0.4, 0.5) is 0 Å². The van der Waals surface area contributed by atoms with Crippen molar-refractivity contribution in [3.05, 3.63) is 138 Å². The number of esters is 1. The summed E-state index contributed by atoms with van der Waals surface area (Å²) >= 11 is 0. The maximum atomic E-state index is 13.3. The average molecular weight is 567 g/mol. The van der Waals surface area contributed by atoms with Gasteiger partial charge in [-0.15, -0.1) is 0 Å². The van der Waals surface area contributed by atoms with E-state index in [4.69, 9.17) is 14.2 Å². The van der Waals surface area contributed by atoms with Crippen molar-refractivity contribution in [1.82, 2.24) is 10.2 Å². The summed E-state index contributed by atoms with van der Waals surface area (Å²) < 4.78 is 17.1. The molecule has 0 spiro atoms. The Hall–Kier alpha value is -4.46. The molecule has 7 nitrogen and oxygen atoms in total. The SMILES string of the molecule is CN(CC(=O)OCc1ccccc1)C(Cc1ccc(OCc2ccccc2)cc1)C(=O)NCCOCc1ccccc1. The first kappa shape index (κ1) is 30.5. The molecule has 1 N–H and O–H groups in total. The highest BCUT2D eigenvalue weighted by molar-refractivity contribution is 5.83. The molecule has 0 aliphatic heterocycles. The minimum Gasteiger partial charge on any atom is -0.489 e. The van der Waals surface area contributed by atoms with Crippen LogP contribution in [0.2, 0.25) is 0 Å². The molecule has 0 saturated heterocycles. The Morgan fingerprint density at radius 3 is 1.83 bits per heavy atom. The maximum Gasteiger partial charge on any atom is 0.320 e. The predicted octanol–water partition coefficient (Wildman–Crippen LogP) is 5.18. The van der Waals surface area contributed by atoms with E-state index in [1.807, 2.05) is 115 Å². The average Bonchev–Trinajstić information content (AvgIpc) is 3.03. The van der Waals surface area contributed by atoms with Crippen LogP contribution in [-0.4, -0.2) is 49.6 Å². The fourth-order valence-corrected chi connectivity index (χ4v) is 4.36. The molecule has 0 aromatic heterocycles. The van der Waals surface area contributed by atoms with Crippen LogP contribution in [0.25, 0.3) is 0 Å². The summed E-state index contributed by atoms with van der Waals surface area (Å²) in [7, 11) is 1.76. The second kappa shape index (κ2) is 16.7. The van der Waals surface area contributed by atoms with E-state index in [2.05, 4.69) is 5.32 Å². The van der Waals surface area contributed by atoms with Gasteiger partial charge in [0.1, 0.15) is 19.0 Å². The third kappa shape index (κ3) is 10.5. The molecule has 1 atom stereocenters. The number of nitrogens with one attached hydrogen (secondary N) is 1. The molecule has 218 valence electrons. The van der Waals surface area contributed by atoms with E-state index in [-0.39, 0.29) is 19.1 Å². The monoisotopic (exact) mass is 566 g/mol. The van der Waals surface area contributed by atoms with Crippen LogP contribution in [0.3, 0.4) is 0 Å². The van der Waals surface area contributed by atoms with Gasteiger partial charge in [-0.2, -0.15) is 0 Å². The number of hydrogen-bond acceptors (Lipinski definition) is 6. The van der Waals surface area contributed by atoms with Crippen molar-refractivity contribution < 1.29 is 23.8 Å². The van der Waals surface area contributed by atoms with Crippen molar-refractivity contribution in [1.29, 1.82) is 0 Å². The van der Waals surface area contributed by atoms with Gasteiger partial charge in [0.05, 0.1) is 25.8 Å². The summed E-state index contributed by atoms with van der Waals surface area (Å²) in [5.41, 5.74) is 4.03. The van der Waals surface area contributed by atoms with Gasteiger partial charge in [-0.05, 0) is 47.9 Å². The van der Waals surface area contributed by atoms with Crippen molar-refractivity contribution >= 4 is 11.9 Å². The lowest BCUT2D eigenvalue weighted by atomic mass is 10.0. The number of carbonyl (C=O) groups excluding carboxylic acids is 2. The van der Waals surface area contributed by atoms with Crippen LogP contribution < -0.4 is 10.1 Å². The Bertz CT molecular complexity index is 1350. The molecule has 4 aromatic carbocycles. The van der Waals surface area contributed by atoms with Gasteiger partial charge in [-0.25, -0.2) is 0 Å². The molecule has 4 aromatic rings. The Morgan fingerprint density at radius 1 is 0.690 bits per heavy atom. The number of rotatable bonds is 16. The van der Waals surface area contributed by atoms with Crippen LogP contribution in [0, 0.1) is 0 Å². The number of amides is 1. The Balaban J connectivity index is 1.32. The Kier molecular flexibility index (Phi) is 12.1. The van der Waals surface area contributed by atoms with E-state index in [1.165, 1.54) is 0 Å². The second-order valence-electron chi connectivity index (χ2n) is 10.0. The number of carbonyl (C=O) groups is 2. The van der Waals surface area contributed by atoms with Crippen LogP contribution in [0.5, 0.6) is 5.75 Å². The van der Waals surface area contributed by atoms with Gasteiger partial charge >= 0.3 is 5.97 Å². The van der Waals surface area contributed by atoms with Crippen molar-refractivity contribution in [3.63, 3.8) is 0 Å². The third-order valence-corrected chi connectivity index (χ3v) is 6.71. The number of likely N-dealkylation sites (N-methyl/N-ethyl adjacent to an activating group) is 1. The van der Waals surface area contributed by atoms with Crippen molar-refractivity contribution in [3.8, 4) is 5.75 Å². The van der Waals surface area contributed by atoms with E-state index in [1.54, 1.807) is 11.9 Å². The summed E-state index contributed by atoms with van der Waals surface area (Å²) in [4.78, 5) is 27.7. The van der Waals surface area contributed by atoms with Gasteiger partial charge in [0.2, 0.25) is 5.91 Å². The molecule has 0 heterocycles. The maximum absolute atomic E-state index is 13.3. The lowest BCUT2D eigenvalue weighted by Gasteiger charge is -2.26. The molecule has 0 radical (unpaired) electrons. The summed E-state index contributed by atoms with van der Waals surface area (Å²) in [5, 5.41) is 2.97. The summed E-state index contributed by atoms with van der Waals surface area (Å²) in [6.07, 6.45) is 0.415. The first-order valence-corrected chi connectivity index (χ1v) is 14.1. The molecule has 0 fully saturated rings. The fraction of sp³-hybridized carbons (Fsp3) is 0.257. The highest BCUT2D eigenvalue weighted by atomic mass is 16.5. The Labute approximate surface area is 248 Å². The topological polar surface area (TPSA) is 77.1 Å². The minimum absolute atomic E-state index is 0.0201. The van der Waals surface area contributed by atoms with Gasteiger partial charge in [0.15, 0.2) is 0 Å². The number of benzene rings is 4. The fourth-order valence-electron chi connectivity index (χ4n) is 4.36. The molecule has 1 unspecified atom stereocenters. The number of nitrogens with zero attached hydrogens (tertiary/aromatic N) is 1. The molecule has 0 saturated carbocycles.